The van der Waals surface area contributed by atoms with Crippen LogP contribution in [0.25, 0.3) is 0 Å². The van der Waals surface area contributed by atoms with Gasteiger partial charge in [-0.3, -0.25) is 4.79 Å². The number of hydrazone groups is 1. The molecule has 0 saturated heterocycles. The average Bonchev–Trinajstić information content (AvgIpc) is 2.64. The van der Waals surface area contributed by atoms with Gasteiger partial charge in [-0.2, -0.15) is 5.10 Å². The van der Waals surface area contributed by atoms with E-state index in [1.54, 1.807) is 0 Å². The van der Waals surface area contributed by atoms with Gasteiger partial charge in [0.15, 0.2) is 0 Å². The van der Waals surface area contributed by atoms with E-state index in [4.69, 9.17) is 0 Å². The molecule has 1 amide bonds. The first-order valence-electron chi connectivity index (χ1n) is 9.32. The van der Waals surface area contributed by atoms with Crippen LogP contribution in [0.5, 0.6) is 0 Å². The van der Waals surface area contributed by atoms with Crippen molar-refractivity contribution in [2.24, 2.45) is 5.10 Å². The predicted molar refractivity (Wildman–Crippen MR) is 110 cm³/mol. The van der Waals surface area contributed by atoms with E-state index < -0.39 is 0 Å². The van der Waals surface area contributed by atoms with Crippen LogP contribution in [-0.2, 0) is 4.79 Å². The first kappa shape index (κ1) is 19.7. The van der Waals surface area contributed by atoms with Crippen molar-refractivity contribution >= 4 is 17.3 Å². The molecule has 0 heterocycles. The van der Waals surface area contributed by atoms with Gasteiger partial charge in [0.1, 0.15) is 0 Å². The van der Waals surface area contributed by atoms with Crippen LogP contribution in [0, 0.1) is 13.8 Å². The van der Waals surface area contributed by atoms with Crippen LogP contribution in [0.15, 0.2) is 53.6 Å². The molecule has 138 valence electrons. The topological polar surface area (TPSA) is 53.5 Å². The Hall–Kier alpha value is -2.62. The van der Waals surface area contributed by atoms with Gasteiger partial charge >= 0.3 is 0 Å². The number of carbonyl (C=O) groups excluding carboxylic acids is 1. The smallest absolute Gasteiger partial charge is 0.259 e. The maximum absolute atomic E-state index is 12.2. The summed E-state index contributed by atoms with van der Waals surface area (Å²) in [5.74, 6) is -0.145. The number of nitrogens with zero attached hydrogens (tertiary/aromatic N) is 1. The molecule has 0 radical (unpaired) electrons. The van der Waals surface area contributed by atoms with Gasteiger partial charge in [-0.25, -0.2) is 5.43 Å². The van der Waals surface area contributed by atoms with E-state index in [0.29, 0.717) is 0 Å². The van der Waals surface area contributed by atoms with Crippen LogP contribution in [0.1, 0.15) is 49.3 Å². The quantitative estimate of drug-likeness (QED) is 0.387. The van der Waals surface area contributed by atoms with Gasteiger partial charge in [0.25, 0.3) is 5.91 Å². The Kier molecular flexibility index (Phi) is 7.87. The molecule has 0 saturated carbocycles. The van der Waals surface area contributed by atoms with Crippen LogP contribution in [0.3, 0.4) is 0 Å². The van der Waals surface area contributed by atoms with E-state index in [1.807, 2.05) is 49.4 Å². The number of rotatable bonds is 9. The first-order valence-corrected chi connectivity index (χ1v) is 9.32. The van der Waals surface area contributed by atoms with E-state index in [9.17, 15) is 4.79 Å². The van der Waals surface area contributed by atoms with E-state index >= 15 is 0 Å². The highest BCUT2D eigenvalue weighted by Crippen LogP contribution is 2.15. The number of unbranched alkanes of at least 4 members (excludes halogenated alkanes) is 2. The van der Waals surface area contributed by atoms with Crippen molar-refractivity contribution in [3.63, 3.8) is 0 Å². The Bertz CT molecular complexity index is 738. The number of anilines is 1. The van der Waals surface area contributed by atoms with Crippen molar-refractivity contribution in [1.29, 1.82) is 0 Å². The second-order valence-corrected chi connectivity index (χ2v) is 6.59. The van der Waals surface area contributed by atoms with Gasteiger partial charge in [-0.1, -0.05) is 67.8 Å². The molecule has 0 spiro atoms. The number of hydrogen-bond donors (Lipinski definition) is 2. The summed E-state index contributed by atoms with van der Waals surface area (Å²) >= 11 is 0. The van der Waals surface area contributed by atoms with Gasteiger partial charge in [0, 0.05) is 5.69 Å². The standard InChI is InChI=1S/C22H29N3O/c1-4-5-7-12-21(19-10-8-6-9-11-19)24-25-22(26)16-23-20-14-13-17(2)15-18(20)3/h6,8-11,13-15,23H,4-5,7,12,16H2,1-3H3,(H,25,26)/b24-21+. The van der Waals surface area contributed by atoms with Gasteiger partial charge < -0.3 is 5.32 Å². The summed E-state index contributed by atoms with van der Waals surface area (Å²) in [6.07, 6.45) is 4.26. The highest BCUT2D eigenvalue weighted by Gasteiger charge is 2.06. The maximum Gasteiger partial charge on any atom is 0.259 e. The summed E-state index contributed by atoms with van der Waals surface area (Å²) in [6, 6.07) is 16.2. The van der Waals surface area contributed by atoms with Crippen LogP contribution in [0.2, 0.25) is 0 Å². The molecule has 0 aliphatic rings. The molecule has 0 unspecified atom stereocenters. The van der Waals surface area contributed by atoms with E-state index in [2.05, 4.69) is 35.8 Å². The molecule has 4 heteroatoms. The van der Waals surface area contributed by atoms with Crippen molar-refractivity contribution in [3.8, 4) is 0 Å². The third-order valence-electron chi connectivity index (χ3n) is 4.26. The third kappa shape index (κ3) is 6.36. The second-order valence-electron chi connectivity index (χ2n) is 6.59. The predicted octanol–water partition coefficient (Wildman–Crippen LogP) is 4.82. The monoisotopic (exact) mass is 351 g/mol. The van der Waals surface area contributed by atoms with Crippen LogP contribution < -0.4 is 10.7 Å². The van der Waals surface area contributed by atoms with Crippen molar-refractivity contribution in [2.75, 3.05) is 11.9 Å². The Morgan fingerprint density at radius 3 is 2.50 bits per heavy atom. The zero-order valence-corrected chi connectivity index (χ0v) is 16.0. The zero-order valence-electron chi connectivity index (χ0n) is 16.0. The second kappa shape index (κ2) is 10.4. The van der Waals surface area contributed by atoms with Crippen LogP contribution in [-0.4, -0.2) is 18.2 Å². The molecular formula is C22H29N3O. The lowest BCUT2D eigenvalue weighted by atomic mass is 10.0. The van der Waals surface area contributed by atoms with E-state index in [-0.39, 0.29) is 12.5 Å². The highest BCUT2D eigenvalue weighted by molar-refractivity contribution is 6.01. The lowest BCUT2D eigenvalue weighted by Gasteiger charge is -2.10. The lowest BCUT2D eigenvalue weighted by Crippen LogP contribution is -2.27. The molecule has 0 atom stereocenters. The number of aryl methyl sites for hydroxylation is 2. The summed E-state index contributed by atoms with van der Waals surface area (Å²) in [5, 5.41) is 7.57. The highest BCUT2D eigenvalue weighted by atomic mass is 16.2. The molecule has 4 nitrogen and oxygen atoms in total. The zero-order chi connectivity index (χ0) is 18.8. The molecule has 2 N–H and O–H groups in total. The summed E-state index contributed by atoms with van der Waals surface area (Å²) < 4.78 is 0. The molecule has 0 aliphatic carbocycles. The van der Waals surface area contributed by atoms with Crippen molar-refractivity contribution in [1.82, 2.24) is 5.43 Å². The number of amides is 1. The fourth-order valence-electron chi connectivity index (χ4n) is 2.79. The fourth-order valence-corrected chi connectivity index (χ4v) is 2.79. The number of carbonyl (C=O) groups is 1. The normalized spacial score (nSPS) is 11.3. The Morgan fingerprint density at radius 2 is 1.81 bits per heavy atom. The molecule has 2 aromatic rings. The van der Waals surface area contributed by atoms with Crippen molar-refractivity contribution in [2.45, 2.75) is 46.5 Å². The fraction of sp³-hybridized carbons (Fsp3) is 0.364. The minimum absolute atomic E-state index is 0.145. The number of hydrogen-bond acceptors (Lipinski definition) is 3. The molecule has 0 bridgehead atoms. The molecule has 2 rings (SSSR count). The Balaban J connectivity index is 1.95. The van der Waals surface area contributed by atoms with E-state index in [1.165, 1.54) is 5.56 Å². The summed E-state index contributed by atoms with van der Waals surface area (Å²) in [4.78, 5) is 12.2. The van der Waals surface area contributed by atoms with Gasteiger partial charge in [0.05, 0.1) is 12.3 Å². The first-order chi connectivity index (χ1) is 12.6. The Labute approximate surface area is 156 Å². The summed E-state index contributed by atoms with van der Waals surface area (Å²) in [5.41, 5.74) is 8.00. The minimum atomic E-state index is -0.145. The van der Waals surface area contributed by atoms with E-state index in [0.717, 1.165) is 48.2 Å². The molecule has 26 heavy (non-hydrogen) atoms. The van der Waals surface area contributed by atoms with Gasteiger partial charge in [-0.05, 0) is 43.9 Å². The minimum Gasteiger partial charge on any atom is -0.376 e. The van der Waals surface area contributed by atoms with Crippen molar-refractivity contribution < 1.29 is 4.79 Å². The largest absolute Gasteiger partial charge is 0.376 e. The number of benzene rings is 2. The Morgan fingerprint density at radius 1 is 1.04 bits per heavy atom. The average molecular weight is 351 g/mol. The molecular weight excluding hydrogens is 322 g/mol. The summed E-state index contributed by atoms with van der Waals surface area (Å²) in [6.45, 7) is 6.47. The maximum atomic E-state index is 12.2. The molecule has 0 aromatic heterocycles. The lowest BCUT2D eigenvalue weighted by molar-refractivity contribution is -0.119. The van der Waals surface area contributed by atoms with Crippen LogP contribution >= 0.6 is 0 Å². The number of nitrogens with one attached hydrogen (secondary N) is 2. The SMILES string of the molecule is CCCCC/C(=N\NC(=O)CNc1ccc(C)cc1C)c1ccccc1. The third-order valence-corrected chi connectivity index (χ3v) is 4.26. The molecule has 0 aliphatic heterocycles. The van der Waals surface area contributed by atoms with Crippen molar-refractivity contribution in [3.05, 3.63) is 65.2 Å². The molecule has 2 aromatic carbocycles. The summed E-state index contributed by atoms with van der Waals surface area (Å²) in [7, 11) is 0. The molecule has 0 fully saturated rings. The van der Waals surface area contributed by atoms with Crippen LogP contribution in [0.4, 0.5) is 5.69 Å². The van der Waals surface area contributed by atoms with Gasteiger partial charge in [0.2, 0.25) is 0 Å². The van der Waals surface area contributed by atoms with Gasteiger partial charge in [-0.15, -0.1) is 0 Å².